The van der Waals surface area contributed by atoms with Gasteiger partial charge in [0.05, 0.1) is 5.69 Å². The molecule has 0 aliphatic carbocycles. The van der Waals surface area contributed by atoms with Gasteiger partial charge in [0.1, 0.15) is 6.33 Å². The maximum Gasteiger partial charge on any atom is 0.248 e. The van der Waals surface area contributed by atoms with Crippen LogP contribution in [0.15, 0.2) is 36.8 Å². The van der Waals surface area contributed by atoms with E-state index in [1.807, 2.05) is 18.3 Å². The second-order valence-corrected chi connectivity index (χ2v) is 5.02. The number of benzene rings is 1. The number of nitrogens with zero attached hydrogens (tertiary/aromatic N) is 3. The molecule has 1 aromatic heterocycles. The van der Waals surface area contributed by atoms with Gasteiger partial charge in [-0.2, -0.15) is 0 Å². The molecule has 0 saturated carbocycles. The molecule has 1 aliphatic heterocycles. The Balaban J connectivity index is 1.69. The monoisotopic (exact) mass is 268 g/mol. The molecule has 1 aliphatic rings. The standard InChI is InChI=1S/C15H16N4O/c16-15(20)12-3-1-11(2-4-12)8-19-6-5-13-7-17-10-18-14(13)9-19/h1-4,7,10H,5-6,8-9H2,(H2,16,20). The summed E-state index contributed by atoms with van der Waals surface area (Å²) in [5, 5.41) is 0. The largest absolute Gasteiger partial charge is 0.366 e. The van der Waals surface area contributed by atoms with Gasteiger partial charge in [-0.15, -0.1) is 0 Å². The highest BCUT2D eigenvalue weighted by Crippen LogP contribution is 2.17. The summed E-state index contributed by atoms with van der Waals surface area (Å²) in [4.78, 5) is 21.8. The average Bonchev–Trinajstić information content (AvgIpc) is 2.48. The third-order valence-corrected chi connectivity index (χ3v) is 3.60. The first kappa shape index (κ1) is 12.7. The predicted molar refractivity (Wildman–Crippen MR) is 74.8 cm³/mol. The molecule has 2 N–H and O–H groups in total. The minimum atomic E-state index is -0.389. The molecule has 2 aromatic rings. The summed E-state index contributed by atoms with van der Waals surface area (Å²) in [5.74, 6) is -0.389. The lowest BCUT2D eigenvalue weighted by molar-refractivity contribution is 0.100. The number of amides is 1. The summed E-state index contributed by atoms with van der Waals surface area (Å²) in [7, 11) is 0. The van der Waals surface area contributed by atoms with Crippen molar-refractivity contribution in [2.45, 2.75) is 19.5 Å². The Morgan fingerprint density at radius 2 is 2.10 bits per heavy atom. The van der Waals surface area contributed by atoms with Crippen LogP contribution in [0.4, 0.5) is 0 Å². The van der Waals surface area contributed by atoms with Crippen molar-refractivity contribution in [3.63, 3.8) is 0 Å². The molecule has 0 fully saturated rings. The van der Waals surface area contributed by atoms with E-state index in [0.29, 0.717) is 5.56 Å². The fourth-order valence-corrected chi connectivity index (χ4v) is 2.47. The lowest BCUT2D eigenvalue weighted by Crippen LogP contribution is -2.30. The minimum absolute atomic E-state index is 0.389. The van der Waals surface area contributed by atoms with Crippen LogP contribution >= 0.6 is 0 Å². The number of hydrogen-bond acceptors (Lipinski definition) is 4. The Labute approximate surface area is 117 Å². The van der Waals surface area contributed by atoms with Gasteiger partial charge < -0.3 is 5.73 Å². The molecule has 102 valence electrons. The van der Waals surface area contributed by atoms with E-state index in [9.17, 15) is 4.79 Å². The molecular weight excluding hydrogens is 252 g/mol. The van der Waals surface area contributed by atoms with Gasteiger partial charge in [0.2, 0.25) is 5.91 Å². The van der Waals surface area contributed by atoms with Gasteiger partial charge >= 0.3 is 0 Å². The summed E-state index contributed by atoms with van der Waals surface area (Å²) >= 11 is 0. The molecule has 0 atom stereocenters. The van der Waals surface area contributed by atoms with Gasteiger partial charge in [-0.25, -0.2) is 9.97 Å². The Hall–Kier alpha value is -2.27. The third-order valence-electron chi connectivity index (χ3n) is 3.60. The molecule has 0 bridgehead atoms. The smallest absolute Gasteiger partial charge is 0.248 e. The number of carbonyl (C=O) groups is 1. The number of carbonyl (C=O) groups excluding carboxylic acids is 1. The number of fused-ring (bicyclic) bond motifs is 1. The highest BCUT2D eigenvalue weighted by atomic mass is 16.1. The number of nitrogens with two attached hydrogens (primary N) is 1. The molecule has 0 radical (unpaired) electrons. The van der Waals surface area contributed by atoms with Crippen molar-refractivity contribution >= 4 is 5.91 Å². The van der Waals surface area contributed by atoms with Gasteiger partial charge in [0, 0.05) is 31.4 Å². The van der Waals surface area contributed by atoms with Crippen molar-refractivity contribution in [2.75, 3.05) is 6.54 Å². The van der Waals surface area contributed by atoms with E-state index in [1.165, 1.54) is 11.1 Å². The van der Waals surface area contributed by atoms with Gasteiger partial charge in [0.25, 0.3) is 0 Å². The van der Waals surface area contributed by atoms with Gasteiger partial charge in [-0.1, -0.05) is 12.1 Å². The van der Waals surface area contributed by atoms with Gasteiger partial charge in [-0.05, 0) is 29.7 Å². The van der Waals surface area contributed by atoms with Crippen molar-refractivity contribution in [3.05, 3.63) is 59.2 Å². The van der Waals surface area contributed by atoms with E-state index in [4.69, 9.17) is 5.73 Å². The topological polar surface area (TPSA) is 72.1 Å². The molecular formula is C15H16N4O. The second kappa shape index (κ2) is 5.38. The highest BCUT2D eigenvalue weighted by molar-refractivity contribution is 5.92. The van der Waals surface area contributed by atoms with Crippen LogP contribution in [0, 0.1) is 0 Å². The molecule has 5 heteroatoms. The van der Waals surface area contributed by atoms with Gasteiger partial charge in [-0.3, -0.25) is 9.69 Å². The first-order chi connectivity index (χ1) is 9.72. The molecule has 20 heavy (non-hydrogen) atoms. The van der Waals surface area contributed by atoms with Crippen LogP contribution in [0.5, 0.6) is 0 Å². The lowest BCUT2D eigenvalue weighted by atomic mass is 10.1. The Morgan fingerprint density at radius 1 is 1.30 bits per heavy atom. The highest BCUT2D eigenvalue weighted by Gasteiger charge is 2.17. The summed E-state index contributed by atoms with van der Waals surface area (Å²) in [6.45, 7) is 2.69. The SMILES string of the molecule is NC(=O)c1ccc(CN2CCc3cncnc3C2)cc1. The van der Waals surface area contributed by atoms with E-state index in [-0.39, 0.29) is 5.91 Å². The molecule has 3 rings (SSSR count). The van der Waals surface area contributed by atoms with Crippen LogP contribution in [0.2, 0.25) is 0 Å². The van der Waals surface area contributed by atoms with Crippen molar-refractivity contribution in [3.8, 4) is 0 Å². The lowest BCUT2D eigenvalue weighted by Gasteiger charge is -2.27. The number of hydrogen-bond donors (Lipinski definition) is 1. The summed E-state index contributed by atoms with van der Waals surface area (Å²) in [6, 6.07) is 7.46. The number of aromatic nitrogens is 2. The Bertz CT molecular complexity index is 624. The van der Waals surface area contributed by atoms with E-state index in [1.54, 1.807) is 18.5 Å². The van der Waals surface area contributed by atoms with Crippen LogP contribution in [0.1, 0.15) is 27.2 Å². The van der Waals surface area contributed by atoms with E-state index in [2.05, 4.69) is 14.9 Å². The van der Waals surface area contributed by atoms with E-state index < -0.39 is 0 Å². The fourth-order valence-electron chi connectivity index (χ4n) is 2.47. The third kappa shape index (κ3) is 2.67. The fraction of sp³-hybridized carbons (Fsp3) is 0.267. The van der Waals surface area contributed by atoms with Crippen LogP contribution < -0.4 is 5.73 Å². The average molecular weight is 268 g/mol. The van der Waals surface area contributed by atoms with Crippen LogP contribution in [0.25, 0.3) is 0 Å². The minimum Gasteiger partial charge on any atom is -0.366 e. The van der Waals surface area contributed by atoms with Crippen molar-refractivity contribution in [2.24, 2.45) is 5.73 Å². The number of primary amides is 1. The Kier molecular flexibility index (Phi) is 3.43. The predicted octanol–water partition coefficient (Wildman–Crippen LogP) is 1.13. The number of rotatable bonds is 3. The maximum absolute atomic E-state index is 11.0. The zero-order valence-electron chi connectivity index (χ0n) is 11.1. The Morgan fingerprint density at radius 3 is 2.85 bits per heavy atom. The molecule has 5 nitrogen and oxygen atoms in total. The normalized spacial score (nSPS) is 14.8. The van der Waals surface area contributed by atoms with Crippen molar-refractivity contribution < 1.29 is 4.79 Å². The quantitative estimate of drug-likeness (QED) is 0.906. The first-order valence-corrected chi connectivity index (χ1v) is 6.61. The summed E-state index contributed by atoms with van der Waals surface area (Å²) < 4.78 is 0. The van der Waals surface area contributed by atoms with Crippen LogP contribution in [-0.2, 0) is 19.5 Å². The van der Waals surface area contributed by atoms with Gasteiger partial charge in [0.15, 0.2) is 0 Å². The van der Waals surface area contributed by atoms with E-state index >= 15 is 0 Å². The molecule has 0 saturated heterocycles. The summed E-state index contributed by atoms with van der Waals surface area (Å²) in [6.07, 6.45) is 4.49. The van der Waals surface area contributed by atoms with Crippen molar-refractivity contribution in [1.82, 2.24) is 14.9 Å². The molecule has 1 amide bonds. The second-order valence-electron chi connectivity index (χ2n) is 5.02. The van der Waals surface area contributed by atoms with Crippen LogP contribution in [0.3, 0.4) is 0 Å². The zero-order chi connectivity index (χ0) is 13.9. The molecule has 1 aromatic carbocycles. The molecule has 2 heterocycles. The zero-order valence-corrected chi connectivity index (χ0v) is 11.1. The van der Waals surface area contributed by atoms with E-state index in [0.717, 1.165) is 31.7 Å². The van der Waals surface area contributed by atoms with Crippen LogP contribution in [-0.4, -0.2) is 27.3 Å². The first-order valence-electron chi connectivity index (χ1n) is 6.61. The molecule has 0 spiro atoms. The maximum atomic E-state index is 11.0. The molecule has 0 unspecified atom stereocenters. The van der Waals surface area contributed by atoms with Crippen molar-refractivity contribution in [1.29, 1.82) is 0 Å². The summed E-state index contributed by atoms with van der Waals surface area (Å²) in [5.41, 5.74) is 9.31.